The Morgan fingerprint density at radius 3 is 1.70 bits per heavy atom. The summed E-state index contributed by atoms with van der Waals surface area (Å²) in [6, 6.07) is 16.7. The molecule has 2 rings (SSSR count). The quantitative estimate of drug-likeness (QED) is 0.646. The van der Waals surface area contributed by atoms with Gasteiger partial charge in [-0.1, -0.05) is 48.6 Å². The normalized spacial score (nSPS) is 11.3. The molecule has 0 aliphatic carbocycles. The molecule has 0 amide bonds. The van der Waals surface area contributed by atoms with Gasteiger partial charge in [0.05, 0.1) is 7.11 Å². The van der Waals surface area contributed by atoms with E-state index in [9.17, 15) is 0 Å². The Morgan fingerprint density at radius 1 is 0.783 bits per heavy atom. The Hall–Kier alpha value is -2.48. The minimum Gasteiger partial charge on any atom is -0.497 e. The molecule has 2 aromatic carbocycles. The Kier molecular flexibility index (Phi) is 6.49. The fraction of sp³-hybridized carbons (Fsp3) is 0.238. The third kappa shape index (κ3) is 5.03. The summed E-state index contributed by atoms with van der Waals surface area (Å²) >= 11 is 0. The average Bonchev–Trinajstić information content (AvgIpc) is 2.61. The molecule has 2 heteroatoms. The van der Waals surface area contributed by atoms with E-state index >= 15 is 0 Å². The van der Waals surface area contributed by atoms with E-state index < -0.39 is 0 Å². The highest BCUT2D eigenvalue weighted by Crippen LogP contribution is 2.16. The van der Waals surface area contributed by atoms with Gasteiger partial charge in [-0.25, -0.2) is 0 Å². The lowest BCUT2D eigenvalue weighted by Crippen LogP contribution is -2.21. The standard InChI is InChI=1S/C21H25NO/c1-4-22(5-2)20-14-10-18(11-15-20)8-6-7-9-19-12-16-21(23-3)17-13-19/h6-17H,4-5H2,1-3H3/b8-6+,9-7+. The molecule has 2 aromatic rings. The molecule has 120 valence electrons. The maximum atomic E-state index is 5.15. The second-order valence-corrected chi connectivity index (χ2v) is 5.26. The Bertz CT molecular complexity index is 635. The second-order valence-electron chi connectivity index (χ2n) is 5.26. The maximum Gasteiger partial charge on any atom is 0.118 e. The van der Waals surface area contributed by atoms with Crippen LogP contribution in [0.4, 0.5) is 5.69 Å². The van der Waals surface area contributed by atoms with Crippen LogP contribution in [0.5, 0.6) is 5.75 Å². The molecule has 0 aliphatic rings. The highest BCUT2D eigenvalue weighted by molar-refractivity contribution is 5.59. The van der Waals surface area contributed by atoms with Gasteiger partial charge in [-0.05, 0) is 49.2 Å². The monoisotopic (exact) mass is 307 g/mol. The molecule has 0 aromatic heterocycles. The number of anilines is 1. The largest absolute Gasteiger partial charge is 0.497 e. The molecule has 0 N–H and O–H groups in total. The van der Waals surface area contributed by atoms with Crippen LogP contribution in [-0.4, -0.2) is 20.2 Å². The van der Waals surface area contributed by atoms with E-state index in [1.54, 1.807) is 7.11 Å². The molecule has 2 nitrogen and oxygen atoms in total. The highest BCUT2D eigenvalue weighted by Gasteiger charge is 1.99. The topological polar surface area (TPSA) is 12.5 Å². The van der Waals surface area contributed by atoms with Crippen molar-refractivity contribution < 1.29 is 4.74 Å². The Balaban J connectivity index is 1.95. The highest BCUT2D eigenvalue weighted by atomic mass is 16.5. The molecule has 23 heavy (non-hydrogen) atoms. The van der Waals surface area contributed by atoms with E-state index in [4.69, 9.17) is 4.74 Å². The zero-order valence-corrected chi connectivity index (χ0v) is 14.2. The lowest BCUT2D eigenvalue weighted by Gasteiger charge is -2.20. The van der Waals surface area contributed by atoms with Gasteiger partial charge in [0.25, 0.3) is 0 Å². The molecule has 0 saturated carbocycles. The first kappa shape index (κ1) is 16.9. The smallest absolute Gasteiger partial charge is 0.118 e. The summed E-state index contributed by atoms with van der Waals surface area (Å²) in [5.41, 5.74) is 3.65. The van der Waals surface area contributed by atoms with Gasteiger partial charge < -0.3 is 9.64 Å². The van der Waals surface area contributed by atoms with Gasteiger partial charge in [0.2, 0.25) is 0 Å². The van der Waals surface area contributed by atoms with Crippen LogP contribution in [0.2, 0.25) is 0 Å². The van der Waals surface area contributed by atoms with Crippen molar-refractivity contribution in [2.75, 3.05) is 25.1 Å². The van der Waals surface area contributed by atoms with E-state index in [-0.39, 0.29) is 0 Å². The number of hydrogen-bond acceptors (Lipinski definition) is 2. The summed E-state index contributed by atoms with van der Waals surface area (Å²) in [5.74, 6) is 0.881. The summed E-state index contributed by atoms with van der Waals surface area (Å²) in [6.45, 7) is 6.44. The van der Waals surface area contributed by atoms with Crippen molar-refractivity contribution in [3.63, 3.8) is 0 Å². The summed E-state index contributed by atoms with van der Waals surface area (Å²) < 4.78 is 5.15. The van der Waals surface area contributed by atoms with Gasteiger partial charge in [0.1, 0.15) is 5.75 Å². The average molecular weight is 307 g/mol. The number of nitrogens with zero attached hydrogens (tertiary/aromatic N) is 1. The van der Waals surface area contributed by atoms with Crippen molar-refractivity contribution in [1.82, 2.24) is 0 Å². The van der Waals surface area contributed by atoms with E-state index in [2.05, 4.69) is 67.3 Å². The summed E-state index contributed by atoms with van der Waals surface area (Å²) in [6.07, 6.45) is 8.32. The number of rotatable bonds is 7. The Labute approximate surface area is 139 Å². The van der Waals surface area contributed by atoms with E-state index in [0.717, 1.165) is 24.4 Å². The molecule has 0 spiro atoms. The van der Waals surface area contributed by atoms with Crippen LogP contribution in [0, 0.1) is 0 Å². The molecular weight excluding hydrogens is 282 g/mol. The zero-order chi connectivity index (χ0) is 16.5. The van der Waals surface area contributed by atoms with Gasteiger partial charge in [-0.15, -0.1) is 0 Å². The van der Waals surface area contributed by atoms with Crippen molar-refractivity contribution in [2.24, 2.45) is 0 Å². The minimum absolute atomic E-state index is 0.881. The van der Waals surface area contributed by atoms with Gasteiger partial charge >= 0.3 is 0 Å². The first-order chi connectivity index (χ1) is 11.3. The first-order valence-electron chi connectivity index (χ1n) is 8.10. The minimum atomic E-state index is 0.881. The SMILES string of the molecule is CCN(CC)c1ccc(/C=C/C=C/c2ccc(OC)cc2)cc1. The van der Waals surface area contributed by atoms with Gasteiger partial charge in [-0.3, -0.25) is 0 Å². The van der Waals surface area contributed by atoms with Gasteiger partial charge in [0.15, 0.2) is 0 Å². The van der Waals surface area contributed by atoms with Crippen molar-refractivity contribution in [3.8, 4) is 5.75 Å². The molecule has 0 saturated heterocycles. The third-order valence-electron chi connectivity index (χ3n) is 3.83. The van der Waals surface area contributed by atoms with E-state index in [1.165, 1.54) is 11.3 Å². The predicted octanol–water partition coefficient (Wildman–Crippen LogP) is 5.27. The molecule has 0 fully saturated rings. The van der Waals surface area contributed by atoms with Crippen LogP contribution in [0.1, 0.15) is 25.0 Å². The summed E-state index contributed by atoms with van der Waals surface area (Å²) in [5, 5.41) is 0. The van der Waals surface area contributed by atoms with E-state index in [1.807, 2.05) is 24.3 Å². The van der Waals surface area contributed by atoms with Crippen LogP contribution in [-0.2, 0) is 0 Å². The fourth-order valence-electron chi connectivity index (χ4n) is 2.43. The van der Waals surface area contributed by atoms with Crippen molar-refractivity contribution >= 4 is 17.8 Å². The molecular formula is C21H25NO. The van der Waals surface area contributed by atoms with Crippen molar-refractivity contribution in [3.05, 3.63) is 71.8 Å². The van der Waals surface area contributed by atoms with Gasteiger partial charge in [0, 0.05) is 18.8 Å². The van der Waals surface area contributed by atoms with Crippen molar-refractivity contribution in [2.45, 2.75) is 13.8 Å². The van der Waals surface area contributed by atoms with E-state index in [0.29, 0.717) is 0 Å². The number of benzene rings is 2. The lowest BCUT2D eigenvalue weighted by molar-refractivity contribution is 0.415. The van der Waals surface area contributed by atoms with Crippen LogP contribution in [0.15, 0.2) is 60.7 Å². The number of ether oxygens (including phenoxy) is 1. The molecule has 0 radical (unpaired) electrons. The number of methoxy groups -OCH3 is 1. The van der Waals surface area contributed by atoms with Crippen molar-refractivity contribution in [1.29, 1.82) is 0 Å². The molecule has 0 atom stereocenters. The molecule has 0 unspecified atom stereocenters. The zero-order valence-electron chi connectivity index (χ0n) is 14.2. The molecule has 0 bridgehead atoms. The summed E-state index contributed by atoms with van der Waals surface area (Å²) in [7, 11) is 1.68. The number of allylic oxidation sites excluding steroid dienone is 2. The van der Waals surface area contributed by atoms with Crippen LogP contribution < -0.4 is 9.64 Å². The second kappa shape index (κ2) is 8.84. The molecule has 0 aliphatic heterocycles. The van der Waals surface area contributed by atoms with Crippen LogP contribution in [0.25, 0.3) is 12.2 Å². The first-order valence-corrected chi connectivity index (χ1v) is 8.10. The van der Waals surface area contributed by atoms with Crippen LogP contribution in [0.3, 0.4) is 0 Å². The fourth-order valence-corrected chi connectivity index (χ4v) is 2.43. The third-order valence-corrected chi connectivity index (χ3v) is 3.83. The molecule has 0 heterocycles. The van der Waals surface area contributed by atoms with Gasteiger partial charge in [-0.2, -0.15) is 0 Å². The lowest BCUT2D eigenvalue weighted by atomic mass is 10.1. The van der Waals surface area contributed by atoms with Crippen LogP contribution >= 0.6 is 0 Å². The number of hydrogen-bond donors (Lipinski definition) is 0. The predicted molar refractivity (Wildman–Crippen MR) is 101 cm³/mol. The summed E-state index contributed by atoms with van der Waals surface area (Å²) in [4.78, 5) is 2.34. The Morgan fingerprint density at radius 2 is 1.26 bits per heavy atom. The maximum absolute atomic E-state index is 5.15.